The van der Waals surface area contributed by atoms with Crippen LogP contribution in [0.15, 0.2) is 34.9 Å². The molecule has 0 spiro atoms. The van der Waals surface area contributed by atoms with Crippen LogP contribution in [0.1, 0.15) is 19.8 Å². The number of nitrogen functional groups attached to an aromatic ring is 1. The number of rotatable bonds is 7. The Balaban J connectivity index is 0.000000461. The molecule has 0 unspecified atom stereocenters. The van der Waals surface area contributed by atoms with Crippen LogP contribution in [0.2, 0.25) is 0 Å². The fraction of sp³-hybridized carbons (Fsp3) is 0.278. The molecule has 12 heteroatoms. The third-order valence-corrected chi connectivity index (χ3v) is 3.68. The summed E-state index contributed by atoms with van der Waals surface area (Å²) in [4.78, 5) is 43.9. The molecule has 1 heterocycles. The van der Waals surface area contributed by atoms with Gasteiger partial charge in [-0.2, -0.15) is 0 Å². The Kier molecular flexibility index (Phi) is 11.6. The number of pyridine rings is 1. The number of aliphatic carboxylic acids is 3. The average Bonchev–Trinajstić information content (AvgIpc) is 2.62. The maximum Gasteiger partial charge on any atom is 0.336 e. The van der Waals surface area contributed by atoms with Crippen LogP contribution in [0.4, 0.5) is 5.69 Å². The van der Waals surface area contributed by atoms with E-state index in [4.69, 9.17) is 26.2 Å². The summed E-state index contributed by atoms with van der Waals surface area (Å²) < 4.78 is 5.19. The standard InChI is InChI=1S/C9H7BrN2.C6H8O7.C3H6O2/c10-7-2-1-6-3-8(11)5-12-9(6)4-7;7-3(8)1-6(13,5(11)12)2-4(9)10;1-2-5-3-4/h1-5H,11H2;13H,1-2H2,(H,7,8)(H,9,10)(H,11,12);3H,2H2,1H3. The van der Waals surface area contributed by atoms with Gasteiger partial charge in [0.15, 0.2) is 5.60 Å². The molecule has 0 fully saturated rings. The first-order valence-corrected chi connectivity index (χ1v) is 8.99. The van der Waals surface area contributed by atoms with Crippen LogP contribution >= 0.6 is 15.9 Å². The predicted octanol–water partition coefficient (Wildman–Crippen LogP) is 1.51. The van der Waals surface area contributed by atoms with Gasteiger partial charge in [0, 0.05) is 9.86 Å². The van der Waals surface area contributed by atoms with Gasteiger partial charge >= 0.3 is 17.9 Å². The summed E-state index contributed by atoms with van der Waals surface area (Å²) in [5.41, 5.74) is 4.51. The van der Waals surface area contributed by atoms with Gasteiger partial charge in [0.1, 0.15) is 0 Å². The normalized spacial score (nSPS) is 9.97. The first kappa shape index (κ1) is 26.8. The van der Waals surface area contributed by atoms with E-state index >= 15 is 0 Å². The van der Waals surface area contributed by atoms with E-state index in [2.05, 4.69) is 25.7 Å². The summed E-state index contributed by atoms with van der Waals surface area (Å²) in [6, 6.07) is 7.84. The highest BCUT2D eigenvalue weighted by atomic mass is 79.9. The molecule has 2 aromatic rings. The Morgan fingerprint density at radius 1 is 1.17 bits per heavy atom. The van der Waals surface area contributed by atoms with E-state index in [0.717, 1.165) is 15.4 Å². The molecule has 0 saturated heterocycles. The van der Waals surface area contributed by atoms with E-state index in [-0.39, 0.29) is 0 Å². The fourth-order valence-electron chi connectivity index (χ4n) is 1.89. The van der Waals surface area contributed by atoms with Gasteiger partial charge in [-0.25, -0.2) is 4.79 Å². The quantitative estimate of drug-likeness (QED) is 0.353. The molecule has 6 N–H and O–H groups in total. The number of halogens is 1. The van der Waals surface area contributed by atoms with Crippen LogP contribution in [0.25, 0.3) is 10.9 Å². The summed E-state index contributed by atoms with van der Waals surface area (Å²) >= 11 is 3.38. The van der Waals surface area contributed by atoms with Crippen LogP contribution in [-0.2, 0) is 23.9 Å². The number of nitrogens with two attached hydrogens (primary N) is 1. The number of carbonyl (C=O) groups is 4. The molecule has 0 saturated carbocycles. The number of carbonyl (C=O) groups excluding carboxylic acids is 1. The van der Waals surface area contributed by atoms with Gasteiger partial charge in [-0.05, 0) is 25.1 Å². The van der Waals surface area contributed by atoms with E-state index in [9.17, 15) is 19.2 Å². The maximum atomic E-state index is 10.3. The van der Waals surface area contributed by atoms with Gasteiger partial charge in [-0.1, -0.05) is 22.0 Å². The van der Waals surface area contributed by atoms with Crippen molar-refractivity contribution < 1.29 is 44.3 Å². The Morgan fingerprint density at radius 2 is 1.73 bits per heavy atom. The highest BCUT2D eigenvalue weighted by Crippen LogP contribution is 2.19. The monoisotopic (exact) mass is 488 g/mol. The minimum absolute atomic E-state index is 0.431. The minimum atomic E-state index is -2.74. The van der Waals surface area contributed by atoms with Crippen molar-refractivity contribution in [1.29, 1.82) is 0 Å². The maximum absolute atomic E-state index is 10.3. The van der Waals surface area contributed by atoms with Crippen LogP contribution in [0.3, 0.4) is 0 Å². The number of carboxylic acids is 3. The molecular formula is C18H21BrN2O9. The predicted molar refractivity (Wildman–Crippen MR) is 109 cm³/mol. The first-order valence-electron chi connectivity index (χ1n) is 8.20. The number of hydrogen-bond acceptors (Lipinski definition) is 8. The topological polar surface area (TPSA) is 197 Å². The highest BCUT2D eigenvalue weighted by Gasteiger charge is 2.40. The number of fused-ring (bicyclic) bond motifs is 1. The number of nitrogens with zero attached hydrogens (tertiary/aromatic N) is 1. The molecule has 0 amide bonds. The van der Waals surface area contributed by atoms with Crippen LogP contribution < -0.4 is 5.73 Å². The smallest absolute Gasteiger partial charge is 0.336 e. The lowest BCUT2D eigenvalue weighted by Crippen LogP contribution is -2.42. The zero-order chi connectivity index (χ0) is 23.3. The summed E-state index contributed by atoms with van der Waals surface area (Å²) in [5, 5.41) is 34.9. The molecule has 0 bridgehead atoms. The van der Waals surface area contributed by atoms with E-state index < -0.39 is 36.4 Å². The summed E-state index contributed by atoms with van der Waals surface area (Å²) in [5.74, 6) is -5.02. The molecule has 1 aromatic carbocycles. The Hall–Kier alpha value is -3.25. The summed E-state index contributed by atoms with van der Waals surface area (Å²) in [6.45, 7) is 2.66. The van der Waals surface area contributed by atoms with Crippen LogP contribution in [-0.4, -0.2) is 62.0 Å². The highest BCUT2D eigenvalue weighted by molar-refractivity contribution is 9.10. The number of carboxylic acid groups (broad SMARTS) is 3. The lowest BCUT2D eigenvalue weighted by atomic mass is 9.96. The molecule has 11 nitrogen and oxygen atoms in total. The molecule has 164 valence electrons. The third kappa shape index (κ3) is 10.3. The molecule has 30 heavy (non-hydrogen) atoms. The van der Waals surface area contributed by atoms with Gasteiger partial charge in [-0.15, -0.1) is 0 Å². The van der Waals surface area contributed by atoms with Crippen molar-refractivity contribution in [3.8, 4) is 0 Å². The number of ether oxygens (including phenoxy) is 1. The van der Waals surface area contributed by atoms with E-state index in [1.807, 2.05) is 24.3 Å². The number of hydrogen-bond donors (Lipinski definition) is 5. The van der Waals surface area contributed by atoms with Crippen molar-refractivity contribution in [1.82, 2.24) is 4.98 Å². The molecule has 0 aliphatic carbocycles. The van der Waals surface area contributed by atoms with Crippen molar-refractivity contribution in [2.24, 2.45) is 0 Å². The van der Waals surface area contributed by atoms with Gasteiger partial charge in [0.2, 0.25) is 0 Å². The lowest BCUT2D eigenvalue weighted by molar-refractivity contribution is -0.170. The third-order valence-electron chi connectivity index (χ3n) is 3.19. The zero-order valence-electron chi connectivity index (χ0n) is 15.8. The summed E-state index contributed by atoms with van der Waals surface area (Å²) in [7, 11) is 0. The molecule has 0 aliphatic heterocycles. The van der Waals surface area contributed by atoms with Crippen molar-refractivity contribution in [3.63, 3.8) is 0 Å². The largest absolute Gasteiger partial charge is 0.481 e. The van der Waals surface area contributed by atoms with Crippen LogP contribution in [0, 0.1) is 0 Å². The zero-order valence-corrected chi connectivity index (χ0v) is 17.4. The SMILES string of the molecule is CCOC=O.Nc1cnc2cc(Br)ccc2c1.O=C(O)CC(O)(CC(=O)O)C(=O)O. The van der Waals surface area contributed by atoms with Crippen LogP contribution in [0.5, 0.6) is 0 Å². The van der Waals surface area contributed by atoms with Gasteiger partial charge in [-0.3, -0.25) is 19.4 Å². The van der Waals surface area contributed by atoms with Gasteiger partial charge < -0.3 is 30.9 Å². The number of benzene rings is 1. The molecular weight excluding hydrogens is 468 g/mol. The minimum Gasteiger partial charge on any atom is -0.481 e. The second-order valence-electron chi connectivity index (χ2n) is 5.64. The van der Waals surface area contributed by atoms with Gasteiger partial charge in [0.25, 0.3) is 6.47 Å². The van der Waals surface area contributed by atoms with E-state index in [1.54, 1.807) is 13.1 Å². The second-order valence-corrected chi connectivity index (χ2v) is 6.55. The van der Waals surface area contributed by atoms with E-state index in [1.165, 1.54) is 0 Å². The Morgan fingerprint density at radius 3 is 2.13 bits per heavy atom. The fourth-order valence-corrected chi connectivity index (χ4v) is 2.24. The number of aliphatic hydroxyl groups is 1. The van der Waals surface area contributed by atoms with Crippen molar-refractivity contribution in [2.75, 3.05) is 12.3 Å². The molecule has 1 aromatic heterocycles. The first-order chi connectivity index (χ1) is 13.9. The summed E-state index contributed by atoms with van der Waals surface area (Å²) in [6.07, 6.45) is -0.627. The molecule has 0 atom stereocenters. The van der Waals surface area contributed by atoms with Crippen molar-refractivity contribution >= 4 is 56.9 Å². The lowest BCUT2D eigenvalue weighted by Gasteiger charge is -2.18. The Labute approximate surface area is 179 Å². The van der Waals surface area contributed by atoms with Gasteiger partial charge in [0.05, 0.1) is 36.8 Å². The molecule has 2 rings (SSSR count). The number of anilines is 1. The molecule has 0 aliphatic rings. The van der Waals surface area contributed by atoms with Crippen molar-refractivity contribution in [2.45, 2.75) is 25.4 Å². The Bertz CT molecular complexity index is 832. The van der Waals surface area contributed by atoms with Crippen molar-refractivity contribution in [3.05, 3.63) is 34.9 Å². The van der Waals surface area contributed by atoms with E-state index in [0.29, 0.717) is 18.8 Å². The molecule has 0 radical (unpaired) electrons. The number of aromatic nitrogens is 1. The second kappa shape index (κ2) is 13.1. The average molecular weight is 489 g/mol.